The summed E-state index contributed by atoms with van der Waals surface area (Å²) in [5, 5.41) is 4.54. The van der Waals surface area contributed by atoms with Crippen LogP contribution in [0.25, 0.3) is 10.8 Å². The zero-order chi connectivity index (χ0) is 23.6. The molecule has 6 nitrogen and oxygen atoms in total. The predicted molar refractivity (Wildman–Crippen MR) is 135 cm³/mol. The molecular weight excluding hydrogens is 434 g/mol. The first-order valence-electron chi connectivity index (χ1n) is 11.3. The number of benzene rings is 3. The minimum absolute atomic E-state index is 0.0305. The smallest absolute Gasteiger partial charge is 0.262 e. The lowest BCUT2D eigenvalue weighted by molar-refractivity contribution is -0.126. The molecule has 0 unspecified atom stereocenters. The Morgan fingerprint density at radius 1 is 0.848 bits per heavy atom. The first-order valence-corrected chi connectivity index (χ1v) is 12.8. The maximum Gasteiger partial charge on any atom is 0.262 e. The van der Waals surface area contributed by atoms with Gasteiger partial charge in [0.1, 0.15) is 0 Å². The van der Waals surface area contributed by atoms with Gasteiger partial charge < -0.3 is 10.2 Å². The standard InChI is InChI=1S/C26H31N3O3S/c1-26(17-5-4-6-18-26)25(30)27-19-13-15-20(16-14-19)28-33(31,32)24-12-8-9-21-22(24)10-7-11-23(21)29(2)3/h7-16,28H,4-6,17-18H2,1-3H3,(H,27,30). The Hall–Kier alpha value is -3.06. The summed E-state index contributed by atoms with van der Waals surface area (Å²) in [6.45, 7) is 2.02. The summed E-state index contributed by atoms with van der Waals surface area (Å²) in [7, 11) is 0.0663. The van der Waals surface area contributed by atoms with Crippen molar-refractivity contribution in [1.29, 1.82) is 0 Å². The molecule has 1 saturated carbocycles. The predicted octanol–water partition coefficient (Wildman–Crippen LogP) is 5.62. The van der Waals surface area contributed by atoms with Crippen LogP contribution < -0.4 is 14.9 Å². The third-order valence-corrected chi connectivity index (χ3v) is 7.97. The van der Waals surface area contributed by atoms with Crippen molar-refractivity contribution >= 4 is 43.8 Å². The average molecular weight is 466 g/mol. The van der Waals surface area contributed by atoms with Gasteiger partial charge in [-0.25, -0.2) is 8.42 Å². The number of anilines is 3. The van der Waals surface area contributed by atoms with Crippen LogP contribution in [0, 0.1) is 5.41 Å². The summed E-state index contributed by atoms with van der Waals surface area (Å²) in [6, 6.07) is 17.8. The Morgan fingerprint density at radius 3 is 2.12 bits per heavy atom. The summed E-state index contributed by atoms with van der Waals surface area (Å²) >= 11 is 0. The van der Waals surface area contributed by atoms with Gasteiger partial charge in [0.2, 0.25) is 5.91 Å². The van der Waals surface area contributed by atoms with Gasteiger partial charge in [-0.1, -0.05) is 50.5 Å². The second kappa shape index (κ2) is 9.06. The number of hydrogen-bond donors (Lipinski definition) is 2. The maximum atomic E-state index is 13.2. The normalized spacial score (nSPS) is 15.7. The lowest BCUT2D eigenvalue weighted by atomic mass is 9.75. The van der Waals surface area contributed by atoms with E-state index in [0.717, 1.165) is 36.8 Å². The van der Waals surface area contributed by atoms with E-state index in [-0.39, 0.29) is 16.2 Å². The number of hydrogen-bond acceptors (Lipinski definition) is 4. The van der Waals surface area contributed by atoms with E-state index in [2.05, 4.69) is 10.0 Å². The summed E-state index contributed by atoms with van der Waals surface area (Å²) in [6.07, 6.45) is 5.14. The van der Waals surface area contributed by atoms with E-state index in [1.165, 1.54) is 6.42 Å². The molecule has 0 heterocycles. The summed E-state index contributed by atoms with van der Waals surface area (Å²) in [5.41, 5.74) is 1.72. The molecule has 3 aromatic carbocycles. The maximum absolute atomic E-state index is 13.2. The zero-order valence-corrected chi connectivity index (χ0v) is 20.2. The van der Waals surface area contributed by atoms with Crippen LogP contribution in [0.3, 0.4) is 0 Å². The summed E-state index contributed by atoms with van der Waals surface area (Å²) < 4.78 is 29.1. The van der Waals surface area contributed by atoms with E-state index in [1.54, 1.807) is 36.4 Å². The Labute approximate surface area is 196 Å². The lowest BCUT2D eigenvalue weighted by Gasteiger charge is -2.32. The van der Waals surface area contributed by atoms with Crippen LogP contribution in [-0.4, -0.2) is 28.4 Å². The van der Waals surface area contributed by atoms with Crippen LogP contribution in [-0.2, 0) is 14.8 Å². The molecule has 1 aliphatic carbocycles. The van der Waals surface area contributed by atoms with Crippen molar-refractivity contribution < 1.29 is 13.2 Å². The highest BCUT2D eigenvalue weighted by Gasteiger charge is 2.34. The molecule has 7 heteroatoms. The molecule has 0 radical (unpaired) electrons. The molecule has 1 aliphatic rings. The van der Waals surface area contributed by atoms with Crippen LogP contribution in [0.1, 0.15) is 39.0 Å². The molecule has 1 fully saturated rings. The van der Waals surface area contributed by atoms with Gasteiger partial charge in [-0.3, -0.25) is 9.52 Å². The average Bonchev–Trinajstić information content (AvgIpc) is 2.79. The molecular formula is C26H31N3O3S. The Balaban J connectivity index is 1.53. The fourth-order valence-corrected chi connectivity index (χ4v) is 5.84. The first kappa shape index (κ1) is 23.1. The van der Waals surface area contributed by atoms with Crippen molar-refractivity contribution in [3.8, 4) is 0 Å². The second-order valence-electron chi connectivity index (χ2n) is 9.28. The van der Waals surface area contributed by atoms with Crippen molar-refractivity contribution in [2.75, 3.05) is 29.0 Å². The number of rotatable bonds is 6. The molecule has 1 amide bonds. The summed E-state index contributed by atoms with van der Waals surface area (Å²) in [4.78, 5) is 15.0. The number of amides is 1. The number of fused-ring (bicyclic) bond motifs is 1. The van der Waals surface area contributed by atoms with Gasteiger partial charge in [0.05, 0.1) is 4.90 Å². The fraction of sp³-hybridized carbons (Fsp3) is 0.346. The minimum atomic E-state index is -3.80. The molecule has 0 atom stereocenters. The first-order chi connectivity index (χ1) is 15.7. The highest BCUT2D eigenvalue weighted by Crippen LogP contribution is 2.37. The molecule has 3 aromatic rings. The van der Waals surface area contributed by atoms with Crippen molar-refractivity contribution in [2.24, 2.45) is 5.41 Å². The summed E-state index contributed by atoms with van der Waals surface area (Å²) in [5.74, 6) is 0.0305. The van der Waals surface area contributed by atoms with E-state index in [9.17, 15) is 13.2 Å². The highest BCUT2D eigenvalue weighted by molar-refractivity contribution is 7.93. The van der Waals surface area contributed by atoms with Gasteiger partial charge in [-0.2, -0.15) is 0 Å². The van der Waals surface area contributed by atoms with Gasteiger partial charge in [0, 0.05) is 47.3 Å². The number of nitrogens with one attached hydrogen (secondary N) is 2. The third-order valence-electron chi connectivity index (χ3n) is 6.53. The topological polar surface area (TPSA) is 78.5 Å². The zero-order valence-electron chi connectivity index (χ0n) is 19.4. The largest absolute Gasteiger partial charge is 0.377 e. The van der Waals surface area contributed by atoms with Crippen LogP contribution in [0.15, 0.2) is 65.6 Å². The molecule has 4 rings (SSSR count). The Kier molecular flexibility index (Phi) is 6.34. The lowest BCUT2D eigenvalue weighted by Crippen LogP contribution is -2.35. The Bertz CT molecular complexity index is 1260. The third kappa shape index (κ3) is 4.83. The number of nitrogens with zero attached hydrogens (tertiary/aromatic N) is 1. The molecule has 0 aliphatic heterocycles. The molecule has 33 heavy (non-hydrogen) atoms. The van der Waals surface area contributed by atoms with Crippen molar-refractivity contribution in [1.82, 2.24) is 0 Å². The molecule has 0 spiro atoms. The molecule has 174 valence electrons. The van der Waals surface area contributed by atoms with E-state index in [1.807, 2.05) is 50.2 Å². The van der Waals surface area contributed by atoms with E-state index < -0.39 is 10.0 Å². The van der Waals surface area contributed by atoms with Crippen molar-refractivity contribution in [3.63, 3.8) is 0 Å². The number of sulfonamides is 1. The van der Waals surface area contributed by atoms with Gasteiger partial charge in [0.25, 0.3) is 10.0 Å². The van der Waals surface area contributed by atoms with Crippen molar-refractivity contribution in [2.45, 2.75) is 43.9 Å². The number of carbonyl (C=O) groups excluding carboxylic acids is 1. The number of carbonyl (C=O) groups is 1. The quantitative estimate of drug-likeness (QED) is 0.496. The van der Waals surface area contributed by atoms with Crippen LogP contribution in [0.2, 0.25) is 0 Å². The van der Waals surface area contributed by atoms with E-state index in [4.69, 9.17) is 0 Å². The minimum Gasteiger partial charge on any atom is -0.377 e. The molecule has 2 N–H and O–H groups in total. The van der Waals surface area contributed by atoms with Crippen LogP contribution in [0.4, 0.5) is 17.1 Å². The van der Waals surface area contributed by atoms with Crippen LogP contribution in [0.5, 0.6) is 0 Å². The molecule has 0 saturated heterocycles. The van der Waals surface area contributed by atoms with Gasteiger partial charge in [0.15, 0.2) is 0 Å². The van der Waals surface area contributed by atoms with Gasteiger partial charge >= 0.3 is 0 Å². The van der Waals surface area contributed by atoms with Gasteiger partial charge in [-0.15, -0.1) is 0 Å². The van der Waals surface area contributed by atoms with E-state index >= 15 is 0 Å². The Morgan fingerprint density at radius 2 is 1.45 bits per heavy atom. The van der Waals surface area contributed by atoms with E-state index in [0.29, 0.717) is 16.8 Å². The van der Waals surface area contributed by atoms with Crippen molar-refractivity contribution in [3.05, 3.63) is 60.7 Å². The second-order valence-corrected chi connectivity index (χ2v) is 10.9. The highest BCUT2D eigenvalue weighted by atomic mass is 32.2. The van der Waals surface area contributed by atoms with Gasteiger partial charge in [-0.05, 0) is 49.2 Å². The fourth-order valence-electron chi connectivity index (χ4n) is 4.56. The molecule has 0 aromatic heterocycles. The van der Waals surface area contributed by atoms with Crippen LogP contribution >= 0.6 is 0 Å². The SMILES string of the molecule is CN(C)c1cccc2c(S(=O)(=O)Nc3ccc(NC(=O)C4(C)CCCCC4)cc3)cccc12. The molecule has 0 bridgehead atoms. The monoisotopic (exact) mass is 465 g/mol.